The fraction of sp³-hybridized carbons (Fsp3) is 0.771. The first-order valence-electron chi connectivity index (χ1n) is 23.7. The Balaban J connectivity index is 4.36. The summed E-state index contributed by atoms with van der Waals surface area (Å²) in [6.45, 7) is 2.75. The maximum atomic E-state index is 12.6. The van der Waals surface area contributed by atoms with E-state index in [2.05, 4.69) is 60.9 Å². The molecule has 0 aromatic carbocycles. The van der Waals surface area contributed by atoms with Gasteiger partial charge in [-0.3, -0.25) is 23.4 Å². The van der Waals surface area contributed by atoms with Gasteiger partial charge < -0.3 is 25.2 Å². The zero-order valence-corrected chi connectivity index (χ0v) is 38.7. The van der Waals surface area contributed by atoms with Gasteiger partial charge in [0.15, 0.2) is 6.10 Å². The molecular weight excluding hydrogens is 781 g/mol. The van der Waals surface area contributed by atoms with E-state index in [0.29, 0.717) is 19.3 Å². The second-order valence-electron chi connectivity index (χ2n) is 15.9. The van der Waals surface area contributed by atoms with Gasteiger partial charge in [0.1, 0.15) is 12.6 Å². The largest absolute Gasteiger partial charge is 0.480 e. The number of unbranched alkanes of at least 4 members (excludes halogenated alkanes) is 22. The minimum absolute atomic E-state index is 0.0959. The van der Waals surface area contributed by atoms with Crippen molar-refractivity contribution in [1.82, 2.24) is 0 Å². The third-order valence-corrected chi connectivity index (χ3v) is 11.0. The average molecular weight is 868 g/mol. The van der Waals surface area contributed by atoms with Crippen molar-refractivity contribution in [2.75, 3.05) is 19.8 Å². The van der Waals surface area contributed by atoms with Crippen LogP contribution < -0.4 is 5.73 Å². The van der Waals surface area contributed by atoms with Gasteiger partial charge in [0.2, 0.25) is 0 Å². The SMILES string of the molecule is CCCCC/C=C/C/C=C/CCCCCCCCCCCC(=O)OC[C@H](COP(=O)(O)OC[C@H](N)C(=O)O)OC(=O)CCC/C=C/C/C=C/CCCCCCCCCCC. The first-order chi connectivity index (χ1) is 29.1. The van der Waals surface area contributed by atoms with Crippen molar-refractivity contribution in [3.63, 3.8) is 0 Å². The monoisotopic (exact) mass is 868 g/mol. The van der Waals surface area contributed by atoms with Crippen LogP contribution in [0.25, 0.3) is 0 Å². The number of hydrogen-bond acceptors (Lipinski definition) is 9. The van der Waals surface area contributed by atoms with E-state index >= 15 is 0 Å². The number of nitrogens with two attached hydrogens (primary N) is 1. The number of carbonyl (C=O) groups excluding carboxylic acids is 2. The van der Waals surface area contributed by atoms with Gasteiger partial charge in [0.05, 0.1) is 13.2 Å². The van der Waals surface area contributed by atoms with Crippen molar-refractivity contribution in [3.05, 3.63) is 48.6 Å². The lowest BCUT2D eigenvalue weighted by Gasteiger charge is -2.20. The van der Waals surface area contributed by atoms with Gasteiger partial charge >= 0.3 is 25.7 Å². The topological polar surface area (TPSA) is 172 Å². The minimum Gasteiger partial charge on any atom is -0.480 e. The van der Waals surface area contributed by atoms with E-state index in [1.165, 1.54) is 116 Å². The van der Waals surface area contributed by atoms with Crippen LogP contribution in [0.2, 0.25) is 0 Å². The molecule has 0 aliphatic rings. The molecular formula is C48H86NO10P. The number of carboxylic acids is 1. The molecule has 0 aliphatic heterocycles. The van der Waals surface area contributed by atoms with Gasteiger partial charge in [0, 0.05) is 12.8 Å². The molecule has 4 N–H and O–H groups in total. The Hall–Kier alpha value is -2.56. The van der Waals surface area contributed by atoms with E-state index < -0.39 is 51.1 Å². The van der Waals surface area contributed by atoms with Crippen LogP contribution in [-0.2, 0) is 37.5 Å². The van der Waals surface area contributed by atoms with Gasteiger partial charge in [-0.2, -0.15) is 0 Å². The van der Waals surface area contributed by atoms with Crippen LogP contribution in [0.1, 0.15) is 206 Å². The Morgan fingerprint density at radius 3 is 1.38 bits per heavy atom. The van der Waals surface area contributed by atoms with Gasteiger partial charge in [0.25, 0.3) is 0 Å². The zero-order chi connectivity index (χ0) is 44.2. The fourth-order valence-electron chi connectivity index (χ4n) is 6.31. The summed E-state index contributed by atoms with van der Waals surface area (Å²) in [4.78, 5) is 46.0. The van der Waals surface area contributed by atoms with E-state index in [9.17, 15) is 23.8 Å². The molecule has 1 unspecified atom stereocenters. The fourth-order valence-corrected chi connectivity index (χ4v) is 7.09. The second-order valence-corrected chi connectivity index (χ2v) is 17.3. The van der Waals surface area contributed by atoms with Crippen molar-refractivity contribution < 1.29 is 47.5 Å². The van der Waals surface area contributed by atoms with Crippen LogP contribution in [0.15, 0.2) is 48.6 Å². The van der Waals surface area contributed by atoms with Crippen LogP contribution in [-0.4, -0.2) is 59.9 Å². The molecule has 0 radical (unpaired) electrons. The van der Waals surface area contributed by atoms with Crippen molar-refractivity contribution in [2.24, 2.45) is 5.73 Å². The number of carbonyl (C=O) groups is 3. The molecule has 0 heterocycles. The number of ether oxygens (including phenoxy) is 2. The van der Waals surface area contributed by atoms with Crippen LogP contribution in [0.5, 0.6) is 0 Å². The van der Waals surface area contributed by atoms with Crippen LogP contribution in [0.3, 0.4) is 0 Å². The summed E-state index contributed by atoms with van der Waals surface area (Å²) in [7, 11) is -4.73. The highest BCUT2D eigenvalue weighted by Gasteiger charge is 2.28. The summed E-state index contributed by atoms with van der Waals surface area (Å²) in [5.74, 6) is -2.44. The predicted molar refractivity (Wildman–Crippen MR) is 245 cm³/mol. The number of allylic oxidation sites excluding steroid dienone is 8. The number of hydrogen-bond donors (Lipinski definition) is 3. The molecule has 60 heavy (non-hydrogen) atoms. The number of esters is 2. The molecule has 0 spiro atoms. The summed E-state index contributed by atoms with van der Waals surface area (Å²) >= 11 is 0. The third-order valence-electron chi connectivity index (χ3n) is 10.0. The summed E-state index contributed by atoms with van der Waals surface area (Å²) in [5, 5.41) is 8.90. The molecule has 348 valence electrons. The average Bonchev–Trinajstić information content (AvgIpc) is 3.22. The van der Waals surface area contributed by atoms with E-state index in [4.69, 9.17) is 24.8 Å². The number of phosphoric ester groups is 1. The Bertz CT molecular complexity index is 1200. The Morgan fingerprint density at radius 2 is 0.900 bits per heavy atom. The van der Waals surface area contributed by atoms with Gasteiger partial charge in [-0.15, -0.1) is 0 Å². The molecule has 0 saturated carbocycles. The molecule has 0 fully saturated rings. The van der Waals surface area contributed by atoms with E-state index in [-0.39, 0.29) is 19.4 Å². The van der Waals surface area contributed by atoms with E-state index in [0.717, 1.165) is 44.9 Å². The van der Waals surface area contributed by atoms with Crippen LogP contribution in [0.4, 0.5) is 0 Å². The number of phosphoric acid groups is 1. The molecule has 0 aromatic heterocycles. The van der Waals surface area contributed by atoms with Crippen molar-refractivity contribution in [3.8, 4) is 0 Å². The van der Waals surface area contributed by atoms with Crippen molar-refractivity contribution in [1.29, 1.82) is 0 Å². The second kappa shape index (κ2) is 43.1. The zero-order valence-electron chi connectivity index (χ0n) is 37.8. The Morgan fingerprint density at radius 1 is 0.517 bits per heavy atom. The summed E-state index contributed by atoms with van der Waals surface area (Å²) in [5.41, 5.74) is 5.34. The lowest BCUT2D eigenvalue weighted by Crippen LogP contribution is -2.34. The smallest absolute Gasteiger partial charge is 0.472 e. The Labute approximate surface area is 365 Å². The minimum atomic E-state index is -4.73. The maximum absolute atomic E-state index is 12.6. The lowest BCUT2D eigenvalue weighted by atomic mass is 10.1. The van der Waals surface area contributed by atoms with Gasteiger partial charge in [-0.1, -0.05) is 172 Å². The Kier molecular flexibility index (Phi) is 41.3. The third kappa shape index (κ3) is 42.1. The number of rotatable bonds is 44. The molecule has 3 atom stereocenters. The number of carboxylic acid groups (broad SMARTS) is 1. The standard InChI is InChI=1S/C48H86NO10P/c1-3-5-7-9-11-13-15-17-19-21-22-24-25-27-29-31-33-35-37-39-46(50)56-41-44(42-57-60(54,55)58-43-45(49)48(52)53)59-47(51)40-38-36-34-32-30-28-26-23-20-18-16-14-12-10-8-6-4-2/h11,13,17,19,26,28,32,34,44-45H,3-10,12,14-16,18,20-25,27,29-31,33,35-43,49H2,1-2H3,(H,52,53)(H,54,55)/b13-11+,19-17+,28-26+,34-32+/t44-,45+/m1/s1. The van der Waals surface area contributed by atoms with Crippen LogP contribution in [0, 0.1) is 0 Å². The predicted octanol–water partition coefficient (Wildman–Crippen LogP) is 13.0. The maximum Gasteiger partial charge on any atom is 0.472 e. The van der Waals surface area contributed by atoms with Gasteiger partial charge in [-0.05, 0) is 70.6 Å². The molecule has 0 rings (SSSR count). The first-order valence-corrected chi connectivity index (χ1v) is 25.2. The molecule has 11 nitrogen and oxygen atoms in total. The molecule has 12 heteroatoms. The van der Waals surface area contributed by atoms with Crippen molar-refractivity contribution >= 4 is 25.7 Å². The molecule has 0 saturated heterocycles. The van der Waals surface area contributed by atoms with Gasteiger partial charge in [-0.25, -0.2) is 4.57 Å². The quantitative estimate of drug-likeness (QED) is 0.0230. The summed E-state index contributed by atoms with van der Waals surface area (Å²) in [6, 6.07) is -1.53. The van der Waals surface area contributed by atoms with Crippen LogP contribution >= 0.6 is 7.82 Å². The lowest BCUT2D eigenvalue weighted by molar-refractivity contribution is -0.161. The molecule has 0 aromatic rings. The highest BCUT2D eigenvalue weighted by Crippen LogP contribution is 2.43. The highest BCUT2D eigenvalue weighted by atomic mass is 31.2. The molecule has 0 bridgehead atoms. The summed E-state index contributed by atoms with van der Waals surface area (Å²) < 4.78 is 32.7. The molecule has 0 amide bonds. The first kappa shape index (κ1) is 57.4. The molecule has 0 aliphatic carbocycles. The number of aliphatic carboxylic acids is 1. The highest BCUT2D eigenvalue weighted by molar-refractivity contribution is 7.47. The van der Waals surface area contributed by atoms with E-state index in [1.807, 2.05) is 6.08 Å². The van der Waals surface area contributed by atoms with Crippen molar-refractivity contribution in [2.45, 2.75) is 219 Å². The summed E-state index contributed by atoms with van der Waals surface area (Å²) in [6.07, 6.45) is 48.9. The normalized spacial score (nSPS) is 14.1. The van der Waals surface area contributed by atoms with E-state index in [1.54, 1.807) is 0 Å².